The van der Waals surface area contributed by atoms with Crippen LogP contribution in [-0.2, 0) is 12.0 Å². The largest absolute Gasteiger partial charge is 0.423 e. The zero-order chi connectivity index (χ0) is 17.4. The van der Waals surface area contributed by atoms with Gasteiger partial charge in [-0.1, -0.05) is 38.8 Å². The van der Waals surface area contributed by atoms with E-state index in [9.17, 15) is 0 Å². The van der Waals surface area contributed by atoms with E-state index in [1.165, 1.54) is 32.1 Å². The monoisotopic (exact) mass is 345 g/mol. The molecule has 7 heteroatoms. The van der Waals surface area contributed by atoms with Gasteiger partial charge in [0.25, 0.3) is 0 Å². The summed E-state index contributed by atoms with van der Waals surface area (Å²) in [4.78, 5) is 6.91. The number of piperidine rings is 1. The predicted molar refractivity (Wildman–Crippen MR) is 90.9 cm³/mol. The smallest absolute Gasteiger partial charge is 0.240 e. The molecule has 0 bridgehead atoms. The van der Waals surface area contributed by atoms with E-state index >= 15 is 0 Å². The predicted octanol–water partition coefficient (Wildman–Crippen LogP) is 3.74. The van der Waals surface area contributed by atoms with E-state index in [1.807, 2.05) is 0 Å². The van der Waals surface area contributed by atoms with Gasteiger partial charge in [-0.2, -0.15) is 4.98 Å². The Bertz CT molecular complexity index is 713. The molecule has 0 aromatic carbocycles. The van der Waals surface area contributed by atoms with Crippen molar-refractivity contribution in [1.29, 1.82) is 0 Å². The normalized spacial score (nSPS) is 22.9. The Hall–Kier alpha value is -1.76. The van der Waals surface area contributed by atoms with Gasteiger partial charge in [-0.3, -0.25) is 4.90 Å². The van der Waals surface area contributed by atoms with Crippen LogP contribution in [0.15, 0.2) is 8.94 Å². The van der Waals surface area contributed by atoms with Gasteiger partial charge in [0, 0.05) is 11.3 Å². The Balaban J connectivity index is 1.49. The molecule has 0 unspecified atom stereocenters. The van der Waals surface area contributed by atoms with Crippen molar-refractivity contribution >= 4 is 0 Å². The maximum absolute atomic E-state index is 6.02. The Morgan fingerprint density at radius 1 is 1.04 bits per heavy atom. The summed E-state index contributed by atoms with van der Waals surface area (Å²) in [5.41, 5.74) is -0.104. The minimum Gasteiger partial charge on any atom is -0.423 e. The summed E-state index contributed by atoms with van der Waals surface area (Å²) < 4.78 is 11.5. The lowest BCUT2D eigenvalue weighted by Crippen LogP contribution is -2.33. The van der Waals surface area contributed by atoms with Crippen molar-refractivity contribution in [2.24, 2.45) is 0 Å². The number of hydrogen-bond acceptors (Lipinski definition) is 7. The zero-order valence-corrected chi connectivity index (χ0v) is 15.4. The van der Waals surface area contributed by atoms with E-state index in [4.69, 9.17) is 8.94 Å². The molecule has 2 aromatic rings. The van der Waals surface area contributed by atoms with Crippen molar-refractivity contribution in [3.63, 3.8) is 0 Å². The third kappa shape index (κ3) is 3.47. The molecule has 1 atom stereocenters. The standard InChI is InChI=1S/C18H27N5O2/c1-18(2,3)17-19-14(25-22-17)11-23-10-5-4-9-13(23)16-21-20-15(24-16)12-7-6-8-12/h12-13H,4-11H2,1-3H3/t13-/m0/s1. The van der Waals surface area contributed by atoms with Crippen LogP contribution in [-0.4, -0.2) is 31.8 Å². The maximum Gasteiger partial charge on any atom is 0.240 e. The molecule has 0 N–H and O–H groups in total. The molecule has 25 heavy (non-hydrogen) atoms. The summed E-state index contributed by atoms with van der Waals surface area (Å²) in [6, 6.07) is 0.153. The van der Waals surface area contributed by atoms with Gasteiger partial charge >= 0.3 is 0 Å². The van der Waals surface area contributed by atoms with E-state index < -0.39 is 0 Å². The first-order valence-electron chi connectivity index (χ1n) is 9.41. The average Bonchev–Trinajstić information content (AvgIpc) is 3.15. The van der Waals surface area contributed by atoms with E-state index in [1.54, 1.807) is 0 Å². The van der Waals surface area contributed by atoms with E-state index in [-0.39, 0.29) is 11.5 Å². The van der Waals surface area contributed by atoms with Crippen LogP contribution in [0.1, 0.15) is 94.8 Å². The fourth-order valence-corrected chi connectivity index (χ4v) is 3.46. The molecule has 2 aliphatic rings. The van der Waals surface area contributed by atoms with Crippen LogP contribution in [0.2, 0.25) is 0 Å². The van der Waals surface area contributed by atoms with Gasteiger partial charge in [0.15, 0.2) is 5.82 Å². The Morgan fingerprint density at radius 3 is 2.52 bits per heavy atom. The third-order valence-electron chi connectivity index (χ3n) is 5.29. The highest BCUT2D eigenvalue weighted by atomic mass is 16.5. The van der Waals surface area contributed by atoms with Crippen molar-refractivity contribution in [2.45, 2.75) is 83.2 Å². The lowest BCUT2D eigenvalue weighted by molar-refractivity contribution is 0.102. The Kier molecular flexibility index (Phi) is 4.35. The van der Waals surface area contributed by atoms with Crippen LogP contribution in [0.25, 0.3) is 0 Å². The molecule has 0 radical (unpaired) electrons. The minimum absolute atomic E-state index is 0.104. The van der Waals surface area contributed by atoms with Crippen LogP contribution >= 0.6 is 0 Å². The summed E-state index contributed by atoms with van der Waals surface area (Å²) in [5, 5.41) is 12.8. The van der Waals surface area contributed by atoms with Gasteiger partial charge in [-0.05, 0) is 32.2 Å². The SMILES string of the molecule is CC(C)(C)c1noc(CN2CCCC[C@H]2c2nnc(C3CCC3)o2)n1. The van der Waals surface area contributed by atoms with Crippen LogP contribution in [0.4, 0.5) is 0 Å². The van der Waals surface area contributed by atoms with Gasteiger partial charge < -0.3 is 8.94 Å². The number of aromatic nitrogens is 4. The first-order valence-corrected chi connectivity index (χ1v) is 9.41. The highest BCUT2D eigenvalue weighted by Crippen LogP contribution is 2.38. The fourth-order valence-electron chi connectivity index (χ4n) is 3.46. The summed E-state index contributed by atoms with van der Waals surface area (Å²) in [7, 11) is 0. The van der Waals surface area contributed by atoms with Crippen LogP contribution in [0.5, 0.6) is 0 Å². The van der Waals surface area contributed by atoms with Gasteiger partial charge in [0.05, 0.1) is 12.6 Å². The van der Waals surface area contributed by atoms with E-state index in [0.29, 0.717) is 18.4 Å². The first-order chi connectivity index (χ1) is 12.0. The van der Waals surface area contributed by atoms with Gasteiger partial charge in [-0.15, -0.1) is 10.2 Å². The molecular formula is C18H27N5O2. The molecule has 4 rings (SSSR count). The number of rotatable bonds is 4. The Morgan fingerprint density at radius 2 is 1.84 bits per heavy atom. The second-order valence-corrected chi connectivity index (χ2v) is 8.35. The summed E-state index contributed by atoms with van der Waals surface area (Å²) >= 11 is 0. The molecule has 2 fully saturated rings. The van der Waals surface area contributed by atoms with Crippen molar-refractivity contribution in [1.82, 2.24) is 25.2 Å². The summed E-state index contributed by atoms with van der Waals surface area (Å²) in [5.74, 6) is 3.46. The molecule has 1 aliphatic heterocycles. The van der Waals surface area contributed by atoms with Crippen molar-refractivity contribution in [3.05, 3.63) is 23.5 Å². The van der Waals surface area contributed by atoms with Gasteiger partial charge in [0.2, 0.25) is 17.7 Å². The van der Waals surface area contributed by atoms with Gasteiger partial charge in [-0.25, -0.2) is 0 Å². The molecule has 1 aliphatic carbocycles. The lowest BCUT2D eigenvalue weighted by Gasteiger charge is -2.32. The van der Waals surface area contributed by atoms with Crippen molar-refractivity contribution in [2.75, 3.05) is 6.54 Å². The molecular weight excluding hydrogens is 318 g/mol. The van der Waals surface area contributed by atoms with Gasteiger partial charge in [0.1, 0.15) is 0 Å². The topological polar surface area (TPSA) is 81.1 Å². The maximum atomic E-state index is 6.02. The molecule has 136 valence electrons. The highest BCUT2D eigenvalue weighted by Gasteiger charge is 2.32. The molecule has 0 spiro atoms. The van der Waals surface area contributed by atoms with Crippen LogP contribution in [0.3, 0.4) is 0 Å². The highest BCUT2D eigenvalue weighted by molar-refractivity contribution is 5.02. The van der Waals surface area contributed by atoms with Crippen LogP contribution < -0.4 is 0 Å². The minimum atomic E-state index is -0.104. The summed E-state index contributed by atoms with van der Waals surface area (Å²) in [6.45, 7) is 7.89. The molecule has 0 amide bonds. The second-order valence-electron chi connectivity index (χ2n) is 8.35. The molecule has 2 aromatic heterocycles. The molecule has 1 saturated heterocycles. The zero-order valence-electron chi connectivity index (χ0n) is 15.4. The summed E-state index contributed by atoms with van der Waals surface area (Å²) in [6.07, 6.45) is 7.00. The Labute approximate surface area is 148 Å². The molecule has 7 nitrogen and oxygen atoms in total. The van der Waals surface area contributed by atoms with Crippen molar-refractivity contribution < 1.29 is 8.94 Å². The first kappa shape index (κ1) is 16.7. The second kappa shape index (κ2) is 6.52. The molecule has 3 heterocycles. The average molecular weight is 345 g/mol. The van der Waals surface area contributed by atoms with E-state index in [2.05, 4.69) is 46.0 Å². The number of nitrogens with zero attached hydrogens (tertiary/aromatic N) is 5. The number of likely N-dealkylation sites (tertiary alicyclic amines) is 1. The molecule has 1 saturated carbocycles. The van der Waals surface area contributed by atoms with Crippen LogP contribution in [0, 0.1) is 0 Å². The van der Waals surface area contributed by atoms with E-state index in [0.717, 1.165) is 30.6 Å². The quantitative estimate of drug-likeness (QED) is 0.834. The third-order valence-corrected chi connectivity index (χ3v) is 5.29. The van der Waals surface area contributed by atoms with Crippen molar-refractivity contribution in [3.8, 4) is 0 Å². The fraction of sp³-hybridized carbons (Fsp3) is 0.778. The number of hydrogen-bond donors (Lipinski definition) is 0. The lowest BCUT2D eigenvalue weighted by atomic mass is 9.85.